The molecule has 0 atom stereocenters. The van der Waals surface area contributed by atoms with E-state index in [4.69, 9.17) is 0 Å². The van der Waals surface area contributed by atoms with Gasteiger partial charge in [-0.15, -0.1) is 0 Å². The normalized spacial score (nSPS) is 14.1. The second kappa shape index (κ2) is 5.04. The van der Waals surface area contributed by atoms with Gasteiger partial charge in [-0.05, 0) is 18.1 Å². The lowest BCUT2D eigenvalue weighted by Crippen LogP contribution is -2.12. The van der Waals surface area contributed by atoms with Crippen LogP contribution in [0.4, 0.5) is 0 Å². The number of hydrogen-bond donors (Lipinski definition) is 1. The number of rotatable bonds is 3. The molecule has 0 saturated carbocycles. The van der Waals surface area contributed by atoms with E-state index >= 15 is 0 Å². The number of carbonyl (C=O) groups excluding carboxylic acids is 2. The molecular formula is C10H11NO3. The SMILES string of the molecule is COC(=O)CCC1=CC=CNC1=C=O. The highest BCUT2D eigenvalue weighted by atomic mass is 16.5. The van der Waals surface area contributed by atoms with Crippen LogP contribution >= 0.6 is 0 Å². The Bertz CT molecular complexity index is 335. The van der Waals surface area contributed by atoms with Gasteiger partial charge in [-0.1, -0.05) is 6.08 Å². The van der Waals surface area contributed by atoms with E-state index in [0.29, 0.717) is 12.1 Å². The molecule has 1 rings (SSSR count). The highest BCUT2D eigenvalue weighted by Crippen LogP contribution is 2.15. The molecule has 0 aliphatic carbocycles. The Hall–Kier alpha value is -1.80. The van der Waals surface area contributed by atoms with Gasteiger partial charge in [0.1, 0.15) is 5.70 Å². The first-order valence-electron chi connectivity index (χ1n) is 4.22. The summed E-state index contributed by atoms with van der Waals surface area (Å²) in [6, 6.07) is 0. The van der Waals surface area contributed by atoms with Crippen molar-refractivity contribution in [2.45, 2.75) is 12.8 Å². The first kappa shape index (κ1) is 10.3. The van der Waals surface area contributed by atoms with E-state index in [9.17, 15) is 9.59 Å². The van der Waals surface area contributed by atoms with Crippen molar-refractivity contribution in [3.05, 3.63) is 29.6 Å². The Kier molecular flexibility index (Phi) is 3.70. The van der Waals surface area contributed by atoms with Crippen LogP contribution in [0.1, 0.15) is 12.8 Å². The Labute approximate surface area is 81.9 Å². The van der Waals surface area contributed by atoms with Gasteiger partial charge >= 0.3 is 5.97 Å². The van der Waals surface area contributed by atoms with Crippen molar-refractivity contribution in [3.63, 3.8) is 0 Å². The summed E-state index contributed by atoms with van der Waals surface area (Å²) in [4.78, 5) is 21.3. The molecule has 1 aliphatic rings. The molecule has 1 N–H and O–H groups in total. The number of dihydropyridines is 1. The topological polar surface area (TPSA) is 55.4 Å². The molecule has 0 aromatic carbocycles. The minimum Gasteiger partial charge on any atom is -0.469 e. The first-order valence-corrected chi connectivity index (χ1v) is 4.22. The molecule has 0 unspecified atom stereocenters. The Morgan fingerprint density at radius 3 is 3.07 bits per heavy atom. The van der Waals surface area contributed by atoms with Crippen molar-refractivity contribution >= 4 is 11.9 Å². The molecule has 1 aliphatic heterocycles. The predicted molar refractivity (Wildman–Crippen MR) is 50.8 cm³/mol. The molecule has 4 heteroatoms. The van der Waals surface area contributed by atoms with Crippen molar-refractivity contribution in [3.8, 4) is 0 Å². The number of esters is 1. The molecule has 74 valence electrons. The molecule has 0 saturated heterocycles. The third-order valence-corrected chi connectivity index (χ3v) is 1.87. The maximum absolute atomic E-state index is 10.9. The van der Waals surface area contributed by atoms with Gasteiger partial charge in [0, 0.05) is 12.6 Å². The number of allylic oxidation sites excluding steroid dienone is 3. The Morgan fingerprint density at radius 2 is 2.43 bits per heavy atom. The van der Waals surface area contributed by atoms with Gasteiger partial charge in [-0.3, -0.25) is 4.79 Å². The number of hydrogen-bond acceptors (Lipinski definition) is 4. The van der Waals surface area contributed by atoms with E-state index < -0.39 is 0 Å². The second-order valence-corrected chi connectivity index (χ2v) is 2.75. The number of ether oxygens (including phenoxy) is 1. The summed E-state index contributed by atoms with van der Waals surface area (Å²) in [6.07, 6.45) is 5.94. The largest absolute Gasteiger partial charge is 0.469 e. The molecule has 0 radical (unpaired) electrons. The van der Waals surface area contributed by atoms with Gasteiger partial charge in [0.15, 0.2) is 5.94 Å². The molecule has 1 heterocycles. The molecule has 0 spiro atoms. The summed E-state index contributed by atoms with van der Waals surface area (Å²) in [5, 5.41) is 2.75. The predicted octanol–water partition coefficient (Wildman–Crippen LogP) is 0.698. The highest BCUT2D eigenvalue weighted by molar-refractivity contribution is 5.70. The van der Waals surface area contributed by atoms with Crippen LogP contribution in [0, 0.1) is 0 Å². The van der Waals surface area contributed by atoms with Crippen molar-refractivity contribution < 1.29 is 14.3 Å². The van der Waals surface area contributed by atoms with Crippen molar-refractivity contribution in [1.29, 1.82) is 0 Å². The van der Waals surface area contributed by atoms with Gasteiger partial charge in [0.25, 0.3) is 0 Å². The third kappa shape index (κ3) is 2.61. The van der Waals surface area contributed by atoms with Crippen molar-refractivity contribution in [2.24, 2.45) is 0 Å². The average Bonchev–Trinajstić information content (AvgIpc) is 2.26. The third-order valence-electron chi connectivity index (χ3n) is 1.87. The van der Waals surface area contributed by atoms with Crippen molar-refractivity contribution in [2.75, 3.05) is 7.11 Å². The fourth-order valence-corrected chi connectivity index (χ4v) is 1.11. The van der Waals surface area contributed by atoms with Crippen LogP contribution in [-0.2, 0) is 14.3 Å². The van der Waals surface area contributed by atoms with E-state index in [1.807, 2.05) is 0 Å². The maximum atomic E-state index is 10.9. The molecule has 0 aromatic heterocycles. The summed E-state index contributed by atoms with van der Waals surface area (Å²) < 4.78 is 4.50. The van der Waals surface area contributed by atoms with Crippen LogP contribution in [0.15, 0.2) is 29.6 Å². The number of methoxy groups -OCH3 is 1. The van der Waals surface area contributed by atoms with Gasteiger partial charge in [0.2, 0.25) is 0 Å². The lowest BCUT2D eigenvalue weighted by molar-refractivity contribution is -0.140. The van der Waals surface area contributed by atoms with Gasteiger partial charge < -0.3 is 10.1 Å². The molecule has 0 amide bonds. The monoisotopic (exact) mass is 193 g/mol. The summed E-state index contributed by atoms with van der Waals surface area (Å²) in [6.45, 7) is 0. The average molecular weight is 193 g/mol. The minimum atomic E-state index is -0.286. The van der Waals surface area contributed by atoms with Crippen LogP contribution in [0.3, 0.4) is 0 Å². The molecule has 4 nitrogen and oxygen atoms in total. The second-order valence-electron chi connectivity index (χ2n) is 2.75. The zero-order valence-electron chi connectivity index (χ0n) is 7.87. The molecule has 0 aromatic rings. The summed E-state index contributed by atoms with van der Waals surface area (Å²) in [7, 11) is 1.34. The zero-order valence-corrected chi connectivity index (χ0v) is 7.87. The Balaban J connectivity index is 2.58. The van der Waals surface area contributed by atoms with Gasteiger partial charge in [-0.2, -0.15) is 0 Å². The fourth-order valence-electron chi connectivity index (χ4n) is 1.11. The standard InChI is InChI=1S/C10H11NO3/c1-14-10(13)5-4-8-3-2-6-11-9(8)7-12/h2-3,6,11H,4-5H2,1H3. The zero-order chi connectivity index (χ0) is 10.4. The highest BCUT2D eigenvalue weighted by Gasteiger charge is 2.09. The number of nitrogens with one attached hydrogen (secondary N) is 1. The Morgan fingerprint density at radius 1 is 1.64 bits per heavy atom. The van der Waals surface area contributed by atoms with E-state index in [2.05, 4.69) is 10.1 Å². The van der Waals surface area contributed by atoms with Crippen LogP contribution in [0.2, 0.25) is 0 Å². The van der Waals surface area contributed by atoms with Crippen molar-refractivity contribution in [1.82, 2.24) is 5.32 Å². The van der Waals surface area contributed by atoms with E-state index in [0.717, 1.165) is 5.57 Å². The summed E-state index contributed by atoms with van der Waals surface area (Å²) >= 11 is 0. The van der Waals surface area contributed by atoms with Crippen LogP contribution in [0.25, 0.3) is 0 Å². The fraction of sp³-hybridized carbons (Fsp3) is 0.300. The maximum Gasteiger partial charge on any atom is 0.305 e. The summed E-state index contributed by atoms with van der Waals surface area (Å²) in [5.74, 6) is 1.49. The minimum absolute atomic E-state index is 0.267. The molecule has 14 heavy (non-hydrogen) atoms. The lowest BCUT2D eigenvalue weighted by atomic mass is 10.1. The molecule has 0 bridgehead atoms. The molecule has 0 fully saturated rings. The quantitative estimate of drug-likeness (QED) is 0.529. The number of carbonyl (C=O) groups is 1. The van der Waals surface area contributed by atoms with Gasteiger partial charge in [0.05, 0.1) is 7.11 Å². The van der Waals surface area contributed by atoms with Gasteiger partial charge in [-0.25, -0.2) is 4.79 Å². The van der Waals surface area contributed by atoms with Crippen LogP contribution < -0.4 is 5.32 Å². The smallest absolute Gasteiger partial charge is 0.305 e. The van der Waals surface area contributed by atoms with E-state index in [1.165, 1.54) is 7.11 Å². The lowest BCUT2D eigenvalue weighted by Gasteiger charge is -2.10. The van der Waals surface area contributed by atoms with Crippen LogP contribution in [0.5, 0.6) is 0 Å². The first-order chi connectivity index (χ1) is 6.77. The van der Waals surface area contributed by atoms with E-state index in [-0.39, 0.29) is 12.4 Å². The van der Waals surface area contributed by atoms with Crippen LogP contribution in [-0.4, -0.2) is 19.0 Å². The molecular weight excluding hydrogens is 182 g/mol. The summed E-state index contributed by atoms with van der Waals surface area (Å²) in [5.41, 5.74) is 1.16. The van der Waals surface area contributed by atoms with E-state index in [1.54, 1.807) is 24.3 Å².